The van der Waals surface area contributed by atoms with Gasteiger partial charge in [0.2, 0.25) is 0 Å². The number of aliphatic hydroxyl groups is 1. The first-order valence-corrected chi connectivity index (χ1v) is 6.83. The van der Waals surface area contributed by atoms with Crippen molar-refractivity contribution in [2.24, 2.45) is 0 Å². The normalized spacial score (nSPS) is 17.6. The van der Waals surface area contributed by atoms with Gasteiger partial charge in [0.15, 0.2) is 0 Å². The molecule has 2 rings (SSSR count). The molecule has 0 radical (unpaired) electrons. The fourth-order valence-electron chi connectivity index (χ4n) is 2.71. The van der Waals surface area contributed by atoms with Crippen LogP contribution in [0.15, 0.2) is 18.2 Å². The summed E-state index contributed by atoms with van der Waals surface area (Å²) < 4.78 is 0. The monoisotopic (exact) mass is 263 g/mol. The van der Waals surface area contributed by atoms with Crippen molar-refractivity contribution in [1.29, 1.82) is 0 Å². The predicted octanol–water partition coefficient (Wildman–Crippen LogP) is 1.49. The van der Waals surface area contributed by atoms with Crippen LogP contribution in [0, 0.1) is 0 Å². The summed E-state index contributed by atoms with van der Waals surface area (Å²) in [6.07, 6.45) is 3.71. The summed E-state index contributed by atoms with van der Waals surface area (Å²) in [5, 5.41) is 21.4. The summed E-state index contributed by atoms with van der Waals surface area (Å²) >= 11 is 0. The van der Waals surface area contributed by atoms with Crippen molar-refractivity contribution < 1.29 is 15.0 Å². The van der Waals surface area contributed by atoms with Gasteiger partial charge in [-0.05, 0) is 49.3 Å². The highest BCUT2D eigenvalue weighted by Crippen LogP contribution is 2.24. The molecule has 1 aromatic carbocycles. The summed E-state index contributed by atoms with van der Waals surface area (Å²) in [4.78, 5) is 11.0. The molecule has 4 nitrogen and oxygen atoms in total. The third-order valence-corrected chi connectivity index (χ3v) is 3.75. The average Bonchev–Trinajstić information content (AvgIpc) is 2.38. The van der Waals surface area contributed by atoms with Crippen molar-refractivity contribution in [2.45, 2.75) is 51.3 Å². The fraction of sp³-hybridized carbons (Fsp3) is 0.533. The van der Waals surface area contributed by atoms with E-state index in [9.17, 15) is 9.90 Å². The van der Waals surface area contributed by atoms with Crippen LogP contribution in [-0.4, -0.2) is 28.3 Å². The van der Waals surface area contributed by atoms with Gasteiger partial charge in [-0.2, -0.15) is 0 Å². The van der Waals surface area contributed by atoms with E-state index in [1.807, 2.05) is 12.1 Å². The quantitative estimate of drug-likeness (QED) is 0.753. The van der Waals surface area contributed by atoms with E-state index in [0.717, 1.165) is 18.4 Å². The second kappa shape index (κ2) is 6.17. The Bertz CT molecular complexity index is 457. The molecule has 0 spiro atoms. The van der Waals surface area contributed by atoms with E-state index in [2.05, 4.69) is 11.4 Å². The van der Waals surface area contributed by atoms with Crippen LogP contribution in [0.1, 0.15) is 36.5 Å². The van der Waals surface area contributed by atoms with Crippen molar-refractivity contribution in [3.63, 3.8) is 0 Å². The molecular formula is C15H21NO3. The molecule has 0 aliphatic heterocycles. The molecule has 1 aromatic rings. The Labute approximate surface area is 113 Å². The molecule has 0 saturated carbocycles. The molecule has 3 N–H and O–H groups in total. The SMILES string of the molecule is C[C@@H](O)[C@@H](NCc1cccc2c1CCCC2)C(=O)O. The smallest absolute Gasteiger partial charge is 0.323 e. The van der Waals surface area contributed by atoms with Gasteiger partial charge in [0.05, 0.1) is 6.10 Å². The minimum atomic E-state index is -1.01. The number of aryl methyl sites for hydroxylation is 1. The standard InChI is InChI=1S/C15H21NO3/c1-10(17)14(15(18)19)16-9-12-7-4-6-11-5-2-3-8-13(11)12/h4,6-7,10,14,16-17H,2-3,5,8-9H2,1H3,(H,18,19)/t10-,14-/m1/s1. The maximum Gasteiger partial charge on any atom is 0.323 e. The summed E-state index contributed by atoms with van der Waals surface area (Å²) in [6.45, 7) is 1.98. The molecular weight excluding hydrogens is 242 g/mol. The van der Waals surface area contributed by atoms with Crippen LogP contribution in [0.4, 0.5) is 0 Å². The summed E-state index contributed by atoms with van der Waals surface area (Å²) in [5.41, 5.74) is 3.90. The first kappa shape index (κ1) is 14.0. The number of rotatable bonds is 5. The molecule has 0 bridgehead atoms. The Morgan fingerprint density at radius 1 is 1.37 bits per heavy atom. The van der Waals surface area contributed by atoms with Crippen molar-refractivity contribution in [1.82, 2.24) is 5.32 Å². The number of carbonyl (C=O) groups is 1. The van der Waals surface area contributed by atoms with E-state index in [-0.39, 0.29) is 0 Å². The summed E-state index contributed by atoms with van der Waals surface area (Å²) in [5.74, 6) is -1.01. The van der Waals surface area contributed by atoms with E-state index >= 15 is 0 Å². The molecule has 104 valence electrons. The molecule has 0 saturated heterocycles. The molecule has 4 heteroatoms. The zero-order valence-corrected chi connectivity index (χ0v) is 11.2. The van der Waals surface area contributed by atoms with Crippen LogP contribution in [0.2, 0.25) is 0 Å². The number of nitrogens with one attached hydrogen (secondary N) is 1. The van der Waals surface area contributed by atoms with Crippen molar-refractivity contribution in [3.05, 3.63) is 34.9 Å². The molecule has 2 atom stereocenters. The number of hydrogen-bond donors (Lipinski definition) is 3. The zero-order chi connectivity index (χ0) is 13.8. The van der Waals surface area contributed by atoms with Crippen LogP contribution < -0.4 is 5.32 Å². The van der Waals surface area contributed by atoms with Crippen LogP contribution in [0.5, 0.6) is 0 Å². The number of fused-ring (bicyclic) bond motifs is 1. The minimum absolute atomic E-state index is 0.491. The van der Waals surface area contributed by atoms with Crippen LogP contribution in [0.25, 0.3) is 0 Å². The van der Waals surface area contributed by atoms with E-state index < -0.39 is 18.1 Å². The maximum atomic E-state index is 11.0. The first-order chi connectivity index (χ1) is 9.09. The maximum absolute atomic E-state index is 11.0. The number of hydrogen-bond acceptors (Lipinski definition) is 3. The van der Waals surface area contributed by atoms with Crippen molar-refractivity contribution >= 4 is 5.97 Å². The van der Waals surface area contributed by atoms with Gasteiger partial charge < -0.3 is 10.2 Å². The Balaban J connectivity index is 2.09. The van der Waals surface area contributed by atoms with Gasteiger partial charge in [0.1, 0.15) is 6.04 Å². The fourth-order valence-corrected chi connectivity index (χ4v) is 2.71. The van der Waals surface area contributed by atoms with E-state index in [1.54, 1.807) is 0 Å². The average molecular weight is 263 g/mol. The van der Waals surface area contributed by atoms with Crippen LogP contribution in [-0.2, 0) is 24.2 Å². The molecule has 0 amide bonds. The Hall–Kier alpha value is -1.39. The van der Waals surface area contributed by atoms with Crippen molar-refractivity contribution in [2.75, 3.05) is 0 Å². The zero-order valence-electron chi connectivity index (χ0n) is 11.2. The molecule has 1 aliphatic carbocycles. The van der Waals surface area contributed by atoms with Crippen molar-refractivity contribution in [3.8, 4) is 0 Å². The van der Waals surface area contributed by atoms with Gasteiger partial charge in [-0.15, -0.1) is 0 Å². The number of carboxylic acids is 1. The van der Waals surface area contributed by atoms with Crippen LogP contribution in [0.3, 0.4) is 0 Å². The number of aliphatic hydroxyl groups excluding tert-OH is 1. The third kappa shape index (κ3) is 3.33. The highest BCUT2D eigenvalue weighted by Gasteiger charge is 2.22. The molecule has 0 heterocycles. The number of benzene rings is 1. The highest BCUT2D eigenvalue weighted by atomic mass is 16.4. The van der Waals surface area contributed by atoms with E-state index in [4.69, 9.17) is 5.11 Å². The molecule has 19 heavy (non-hydrogen) atoms. The predicted molar refractivity (Wildman–Crippen MR) is 73.0 cm³/mol. The molecule has 0 aromatic heterocycles. The van der Waals surface area contributed by atoms with Gasteiger partial charge in [-0.3, -0.25) is 10.1 Å². The lowest BCUT2D eigenvalue weighted by molar-refractivity contribution is -0.142. The second-order valence-corrected chi connectivity index (χ2v) is 5.20. The highest BCUT2D eigenvalue weighted by molar-refractivity contribution is 5.74. The van der Waals surface area contributed by atoms with Gasteiger partial charge in [-0.1, -0.05) is 18.2 Å². The lowest BCUT2D eigenvalue weighted by Gasteiger charge is -2.22. The van der Waals surface area contributed by atoms with Gasteiger partial charge in [-0.25, -0.2) is 0 Å². The largest absolute Gasteiger partial charge is 0.480 e. The summed E-state index contributed by atoms with van der Waals surface area (Å²) in [7, 11) is 0. The third-order valence-electron chi connectivity index (χ3n) is 3.75. The Morgan fingerprint density at radius 3 is 2.79 bits per heavy atom. The van der Waals surface area contributed by atoms with Gasteiger partial charge in [0.25, 0.3) is 0 Å². The molecule has 0 fully saturated rings. The van der Waals surface area contributed by atoms with E-state index in [1.165, 1.54) is 30.9 Å². The number of aliphatic carboxylic acids is 1. The minimum Gasteiger partial charge on any atom is -0.480 e. The second-order valence-electron chi connectivity index (χ2n) is 5.20. The van der Waals surface area contributed by atoms with Gasteiger partial charge >= 0.3 is 5.97 Å². The first-order valence-electron chi connectivity index (χ1n) is 6.83. The van der Waals surface area contributed by atoms with Crippen LogP contribution >= 0.6 is 0 Å². The number of carboxylic acid groups (broad SMARTS) is 1. The van der Waals surface area contributed by atoms with Gasteiger partial charge in [0, 0.05) is 6.54 Å². The lowest BCUT2D eigenvalue weighted by Crippen LogP contribution is -2.44. The Kier molecular flexibility index (Phi) is 4.56. The van der Waals surface area contributed by atoms with E-state index in [0.29, 0.717) is 6.54 Å². The lowest BCUT2D eigenvalue weighted by atomic mass is 9.88. The molecule has 1 aliphatic rings. The molecule has 0 unspecified atom stereocenters. The summed E-state index contributed by atoms with van der Waals surface area (Å²) in [6, 6.07) is 5.30. The topological polar surface area (TPSA) is 69.6 Å². The Morgan fingerprint density at radius 2 is 2.11 bits per heavy atom.